The summed E-state index contributed by atoms with van der Waals surface area (Å²) >= 11 is 0. The van der Waals surface area contributed by atoms with Crippen molar-refractivity contribution in [2.45, 2.75) is 50.1 Å². The normalized spacial score (nSPS) is 16.1. The molecule has 0 bridgehead atoms. The number of rotatable bonds is 7. The summed E-state index contributed by atoms with van der Waals surface area (Å²) in [4.78, 5) is 16.6. The van der Waals surface area contributed by atoms with Crippen LogP contribution in [0.25, 0.3) is 22.0 Å². The van der Waals surface area contributed by atoms with Crippen LogP contribution in [0.3, 0.4) is 0 Å². The van der Waals surface area contributed by atoms with Crippen molar-refractivity contribution in [3.63, 3.8) is 0 Å². The Labute approximate surface area is 211 Å². The van der Waals surface area contributed by atoms with Gasteiger partial charge in [-0.2, -0.15) is 19.1 Å². The number of nitriles is 1. The minimum Gasteiger partial charge on any atom is -0.346 e. The van der Waals surface area contributed by atoms with Crippen LogP contribution < -0.4 is 5.32 Å². The standard InChI is InChI=1S/C28H24F3N5O/c1-17(35-26(37)27(2,30)31)25(20-6-10-24(33-14-20)28(16-32)11-12-28)36-23-9-5-19(13-21(23)15-34-36)18-3-7-22(29)8-4-18/h3-10,13-15,17,25H,11-12H2,1-2H3,(H,35,37)/t17-,25-/m0/s1. The second-order valence-electron chi connectivity index (χ2n) is 9.64. The fourth-order valence-corrected chi connectivity index (χ4v) is 4.56. The Morgan fingerprint density at radius 3 is 2.41 bits per heavy atom. The molecule has 5 rings (SSSR count). The first kappa shape index (κ1) is 24.5. The number of nitrogens with one attached hydrogen (secondary N) is 1. The van der Waals surface area contributed by atoms with E-state index in [1.165, 1.54) is 12.1 Å². The summed E-state index contributed by atoms with van der Waals surface area (Å²) in [5.74, 6) is -5.25. The van der Waals surface area contributed by atoms with Gasteiger partial charge in [-0.1, -0.05) is 24.3 Å². The van der Waals surface area contributed by atoms with Crippen molar-refractivity contribution in [2.24, 2.45) is 0 Å². The smallest absolute Gasteiger partial charge is 0.321 e. The van der Waals surface area contributed by atoms with Crippen LogP contribution in [0.4, 0.5) is 13.2 Å². The minimum absolute atomic E-state index is 0.323. The van der Waals surface area contributed by atoms with Crippen molar-refractivity contribution >= 4 is 16.8 Å². The third kappa shape index (κ3) is 4.67. The molecule has 2 aromatic heterocycles. The van der Waals surface area contributed by atoms with Gasteiger partial charge in [-0.25, -0.2) is 4.39 Å². The molecule has 1 amide bonds. The van der Waals surface area contributed by atoms with Gasteiger partial charge in [0.15, 0.2) is 0 Å². The third-order valence-electron chi connectivity index (χ3n) is 6.85. The number of fused-ring (bicyclic) bond motifs is 1. The van der Waals surface area contributed by atoms with Crippen LogP contribution >= 0.6 is 0 Å². The van der Waals surface area contributed by atoms with E-state index in [4.69, 9.17) is 0 Å². The van der Waals surface area contributed by atoms with E-state index in [0.29, 0.717) is 18.2 Å². The number of pyridine rings is 1. The van der Waals surface area contributed by atoms with Crippen molar-refractivity contribution in [3.8, 4) is 17.2 Å². The van der Waals surface area contributed by atoms with Gasteiger partial charge >= 0.3 is 5.92 Å². The second kappa shape index (κ2) is 9.04. The predicted octanol–water partition coefficient (Wildman–Crippen LogP) is 5.54. The van der Waals surface area contributed by atoms with E-state index in [2.05, 4.69) is 21.5 Å². The Kier molecular flexibility index (Phi) is 5.98. The van der Waals surface area contributed by atoms with E-state index >= 15 is 0 Å². The highest BCUT2D eigenvalue weighted by molar-refractivity contribution is 5.85. The average Bonchev–Trinajstić information content (AvgIpc) is 3.58. The summed E-state index contributed by atoms with van der Waals surface area (Å²) in [6.45, 7) is 2.19. The number of hydrogen-bond donors (Lipinski definition) is 1. The molecule has 0 radical (unpaired) electrons. The van der Waals surface area contributed by atoms with Crippen molar-refractivity contribution in [1.82, 2.24) is 20.1 Å². The molecular formula is C28H24F3N5O. The molecule has 188 valence electrons. The molecule has 0 saturated heterocycles. The summed E-state index contributed by atoms with van der Waals surface area (Å²) < 4.78 is 42.4. The lowest BCUT2D eigenvalue weighted by Gasteiger charge is -2.27. The largest absolute Gasteiger partial charge is 0.346 e. The SMILES string of the molecule is C[C@H](NC(=O)C(C)(F)F)[C@@H](c1ccc(C2(C#N)CC2)nc1)n1ncc2cc(-c3ccc(F)cc3)ccc21. The number of hydrogen-bond acceptors (Lipinski definition) is 4. The zero-order valence-electron chi connectivity index (χ0n) is 20.3. The predicted molar refractivity (Wildman–Crippen MR) is 132 cm³/mol. The van der Waals surface area contributed by atoms with E-state index in [1.807, 2.05) is 18.2 Å². The molecule has 0 aliphatic heterocycles. The lowest BCUT2D eigenvalue weighted by Crippen LogP contribution is -2.46. The fraction of sp³-hybridized carbons (Fsp3) is 0.286. The summed E-state index contributed by atoms with van der Waals surface area (Å²) in [6, 6.07) is 16.3. The Balaban J connectivity index is 1.54. The molecule has 0 unspecified atom stereocenters. The van der Waals surface area contributed by atoms with Gasteiger partial charge in [0.05, 0.1) is 41.0 Å². The summed E-state index contributed by atoms with van der Waals surface area (Å²) in [5, 5.41) is 17.3. The quantitative estimate of drug-likeness (QED) is 0.359. The monoisotopic (exact) mass is 503 g/mol. The number of carbonyl (C=O) groups excluding carboxylic acids is 1. The first-order valence-corrected chi connectivity index (χ1v) is 11.9. The van der Waals surface area contributed by atoms with Gasteiger partial charge in [0.25, 0.3) is 5.91 Å². The first-order chi connectivity index (χ1) is 17.6. The highest BCUT2D eigenvalue weighted by Crippen LogP contribution is 2.46. The molecule has 1 saturated carbocycles. The highest BCUT2D eigenvalue weighted by Gasteiger charge is 2.46. The molecule has 9 heteroatoms. The molecule has 1 aliphatic carbocycles. The van der Waals surface area contributed by atoms with Crippen LogP contribution in [0.2, 0.25) is 0 Å². The van der Waals surface area contributed by atoms with E-state index in [9.17, 15) is 23.2 Å². The number of aromatic nitrogens is 3. The number of benzene rings is 2. The van der Waals surface area contributed by atoms with Gasteiger partial charge in [-0.3, -0.25) is 14.5 Å². The lowest BCUT2D eigenvalue weighted by atomic mass is 9.98. The van der Waals surface area contributed by atoms with Gasteiger partial charge in [-0.05, 0) is 66.8 Å². The van der Waals surface area contributed by atoms with Crippen LogP contribution in [0, 0.1) is 17.1 Å². The fourth-order valence-electron chi connectivity index (χ4n) is 4.56. The Morgan fingerprint density at radius 1 is 1.11 bits per heavy atom. The van der Waals surface area contributed by atoms with E-state index in [1.54, 1.807) is 48.3 Å². The van der Waals surface area contributed by atoms with E-state index in [-0.39, 0.29) is 5.82 Å². The molecule has 2 aromatic carbocycles. The molecule has 0 spiro atoms. The third-order valence-corrected chi connectivity index (χ3v) is 6.85. The zero-order valence-corrected chi connectivity index (χ0v) is 20.3. The molecule has 1 N–H and O–H groups in total. The van der Waals surface area contributed by atoms with Crippen LogP contribution in [-0.2, 0) is 10.2 Å². The van der Waals surface area contributed by atoms with Crippen LogP contribution in [-0.4, -0.2) is 32.6 Å². The summed E-state index contributed by atoms with van der Waals surface area (Å²) in [7, 11) is 0. The zero-order chi connectivity index (χ0) is 26.4. The van der Waals surface area contributed by atoms with Crippen LogP contribution in [0.5, 0.6) is 0 Å². The summed E-state index contributed by atoms with van der Waals surface area (Å²) in [5.41, 5.74) is 3.19. The molecule has 37 heavy (non-hydrogen) atoms. The van der Waals surface area contributed by atoms with Crippen LogP contribution in [0.15, 0.2) is 67.0 Å². The topological polar surface area (TPSA) is 83.6 Å². The minimum atomic E-state index is -3.54. The Hall–Kier alpha value is -4.19. The van der Waals surface area contributed by atoms with E-state index in [0.717, 1.165) is 34.9 Å². The average molecular weight is 504 g/mol. The lowest BCUT2D eigenvalue weighted by molar-refractivity contribution is -0.143. The van der Waals surface area contributed by atoms with Gasteiger partial charge in [-0.15, -0.1) is 0 Å². The molecule has 2 heterocycles. The number of carbonyl (C=O) groups is 1. The maximum absolute atomic E-state index is 13.7. The molecule has 1 fully saturated rings. The molecule has 2 atom stereocenters. The van der Waals surface area contributed by atoms with Gasteiger partial charge in [0.2, 0.25) is 0 Å². The number of alkyl halides is 2. The summed E-state index contributed by atoms with van der Waals surface area (Å²) in [6.07, 6.45) is 4.77. The molecular weight excluding hydrogens is 479 g/mol. The second-order valence-corrected chi connectivity index (χ2v) is 9.64. The van der Waals surface area contributed by atoms with Crippen molar-refractivity contribution < 1.29 is 18.0 Å². The maximum atomic E-state index is 13.7. The molecule has 4 aromatic rings. The number of nitrogens with zero attached hydrogens (tertiary/aromatic N) is 4. The highest BCUT2D eigenvalue weighted by atomic mass is 19.3. The van der Waals surface area contributed by atoms with Crippen molar-refractivity contribution in [3.05, 3.63) is 84.1 Å². The molecule has 6 nitrogen and oxygen atoms in total. The van der Waals surface area contributed by atoms with Gasteiger partial charge < -0.3 is 5.32 Å². The first-order valence-electron chi connectivity index (χ1n) is 11.9. The van der Waals surface area contributed by atoms with Gasteiger partial charge in [0, 0.05) is 18.5 Å². The number of amides is 1. The van der Waals surface area contributed by atoms with E-state index < -0.39 is 29.3 Å². The number of halogens is 3. The Morgan fingerprint density at radius 2 is 1.81 bits per heavy atom. The Bertz CT molecular complexity index is 1500. The van der Waals surface area contributed by atoms with Crippen molar-refractivity contribution in [2.75, 3.05) is 0 Å². The van der Waals surface area contributed by atoms with Crippen molar-refractivity contribution in [1.29, 1.82) is 5.26 Å². The van der Waals surface area contributed by atoms with Gasteiger partial charge in [0.1, 0.15) is 5.82 Å². The maximum Gasteiger partial charge on any atom is 0.321 e. The van der Waals surface area contributed by atoms with Crippen LogP contribution in [0.1, 0.15) is 44.0 Å². The molecule has 1 aliphatic rings.